The van der Waals surface area contributed by atoms with Crippen molar-refractivity contribution in [1.82, 2.24) is 19.8 Å². The van der Waals surface area contributed by atoms with Gasteiger partial charge in [0.05, 0.1) is 37.0 Å². The van der Waals surface area contributed by atoms with Crippen molar-refractivity contribution >= 4 is 17.8 Å². The number of carbonyl (C=O) groups is 3. The lowest BCUT2D eigenvalue weighted by Crippen LogP contribution is -2.56. The molecule has 3 heterocycles. The van der Waals surface area contributed by atoms with Crippen molar-refractivity contribution < 1.29 is 19.1 Å². The van der Waals surface area contributed by atoms with Gasteiger partial charge in [-0.3, -0.25) is 24.6 Å². The van der Waals surface area contributed by atoms with Gasteiger partial charge < -0.3 is 9.30 Å². The van der Waals surface area contributed by atoms with Crippen molar-refractivity contribution in [2.45, 2.75) is 44.7 Å². The number of hydrogen-bond donors (Lipinski definition) is 1. The quantitative estimate of drug-likeness (QED) is 0.594. The Morgan fingerprint density at radius 1 is 1.35 bits per heavy atom. The number of likely N-dealkylation sites (tertiary alicyclic amines) is 1. The molecule has 3 rings (SSSR count). The predicted octanol–water partition coefficient (Wildman–Crippen LogP) is 0.788. The number of carbonyl (C=O) groups excluding carboxylic acids is 3. The Bertz CT molecular complexity index is 731. The van der Waals surface area contributed by atoms with Crippen molar-refractivity contribution in [3.8, 4) is 0 Å². The first-order valence-electron chi connectivity index (χ1n) is 9.10. The maximum atomic E-state index is 13.1. The average molecular weight is 362 g/mol. The lowest BCUT2D eigenvalue weighted by Gasteiger charge is -2.32. The van der Waals surface area contributed by atoms with E-state index in [4.69, 9.17) is 4.74 Å². The highest BCUT2D eigenvalue weighted by Gasteiger charge is 2.68. The maximum absolute atomic E-state index is 13.1. The van der Waals surface area contributed by atoms with Crippen LogP contribution >= 0.6 is 0 Å². The van der Waals surface area contributed by atoms with E-state index >= 15 is 0 Å². The zero-order valence-electron chi connectivity index (χ0n) is 15.7. The second kappa shape index (κ2) is 6.83. The number of ether oxygens (including phenoxy) is 1. The van der Waals surface area contributed by atoms with E-state index < -0.39 is 29.4 Å². The summed E-state index contributed by atoms with van der Waals surface area (Å²) in [4.78, 5) is 44.3. The van der Waals surface area contributed by atoms with E-state index in [1.165, 1.54) is 12.0 Å². The van der Waals surface area contributed by atoms with E-state index in [0.29, 0.717) is 13.0 Å². The topological polar surface area (TPSA) is 93.5 Å². The number of rotatable bonds is 6. The number of nitrogens with one attached hydrogen (secondary N) is 1. The van der Waals surface area contributed by atoms with E-state index in [1.54, 1.807) is 19.4 Å². The monoisotopic (exact) mass is 362 g/mol. The SMILES string of the molecule is CCCC[C@@]1(C(=O)OC)N[C@H](c2cncn2C)[C@@H]2C(=O)N(CC)C(=O)[C@@H]21. The third kappa shape index (κ3) is 2.46. The van der Waals surface area contributed by atoms with Crippen LogP contribution in [0.25, 0.3) is 0 Å². The Morgan fingerprint density at radius 3 is 2.62 bits per heavy atom. The molecule has 1 N–H and O–H groups in total. The molecule has 0 saturated carbocycles. The van der Waals surface area contributed by atoms with Crippen LogP contribution in [-0.4, -0.2) is 51.4 Å². The van der Waals surface area contributed by atoms with Gasteiger partial charge in [-0.05, 0) is 13.3 Å². The molecular formula is C18H26N4O4. The number of nitrogens with zero attached hydrogens (tertiary/aromatic N) is 3. The average Bonchev–Trinajstić information content (AvgIpc) is 3.27. The highest BCUT2D eigenvalue weighted by atomic mass is 16.5. The molecule has 2 amide bonds. The van der Waals surface area contributed by atoms with Gasteiger partial charge in [0.1, 0.15) is 5.54 Å². The van der Waals surface area contributed by atoms with E-state index in [9.17, 15) is 14.4 Å². The number of methoxy groups -OCH3 is 1. The van der Waals surface area contributed by atoms with Gasteiger partial charge in [0, 0.05) is 19.8 Å². The number of hydrogen-bond acceptors (Lipinski definition) is 6. The fraction of sp³-hybridized carbons (Fsp3) is 0.667. The molecule has 0 unspecified atom stereocenters. The Hall–Kier alpha value is -2.22. The van der Waals surface area contributed by atoms with Crippen LogP contribution in [0.5, 0.6) is 0 Å². The minimum Gasteiger partial charge on any atom is -0.468 e. The summed E-state index contributed by atoms with van der Waals surface area (Å²) < 4.78 is 6.90. The molecule has 2 aliphatic heterocycles. The Morgan fingerprint density at radius 2 is 2.08 bits per heavy atom. The molecule has 0 aromatic carbocycles. The van der Waals surface area contributed by atoms with E-state index in [0.717, 1.165) is 18.5 Å². The van der Waals surface area contributed by atoms with Crippen LogP contribution in [0.4, 0.5) is 0 Å². The molecule has 4 atom stereocenters. The molecule has 0 radical (unpaired) electrons. The molecule has 8 nitrogen and oxygen atoms in total. The zero-order valence-corrected chi connectivity index (χ0v) is 15.7. The van der Waals surface area contributed by atoms with Crippen LogP contribution in [0.2, 0.25) is 0 Å². The second-order valence-corrected chi connectivity index (χ2v) is 7.04. The van der Waals surface area contributed by atoms with E-state index in [1.807, 2.05) is 18.5 Å². The maximum Gasteiger partial charge on any atom is 0.326 e. The van der Waals surface area contributed by atoms with Crippen molar-refractivity contribution in [3.05, 3.63) is 18.2 Å². The zero-order chi connectivity index (χ0) is 19.1. The number of aromatic nitrogens is 2. The molecule has 0 aliphatic carbocycles. The van der Waals surface area contributed by atoms with Crippen molar-refractivity contribution in [1.29, 1.82) is 0 Å². The van der Waals surface area contributed by atoms with Gasteiger partial charge in [-0.15, -0.1) is 0 Å². The first kappa shape index (κ1) is 18.6. The predicted molar refractivity (Wildman–Crippen MR) is 92.7 cm³/mol. The van der Waals surface area contributed by atoms with Gasteiger partial charge in [-0.25, -0.2) is 4.98 Å². The second-order valence-electron chi connectivity index (χ2n) is 7.04. The van der Waals surface area contributed by atoms with Gasteiger partial charge >= 0.3 is 5.97 Å². The van der Waals surface area contributed by atoms with Crippen LogP contribution < -0.4 is 5.32 Å². The summed E-state index contributed by atoms with van der Waals surface area (Å²) in [5, 5.41) is 3.34. The summed E-state index contributed by atoms with van der Waals surface area (Å²) in [6.07, 6.45) is 5.39. The summed E-state index contributed by atoms with van der Waals surface area (Å²) in [6.45, 7) is 4.10. The third-order valence-corrected chi connectivity index (χ3v) is 5.71. The lowest BCUT2D eigenvalue weighted by molar-refractivity contribution is -0.154. The summed E-state index contributed by atoms with van der Waals surface area (Å²) in [6, 6.07) is -0.462. The van der Waals surface area contributed by atoms with Crippen molar-refractivity contribution in [2.24, 2.45) is 18.9 Å². The normalized spacial score (nSPS) is 30.8. The number of unbranched alkanes of at least 4 members (excludes halogenated alkanes) is 1. The molecule has 0 bridgehead atoms. The highest BCUT2D eigenvalue weighted by Crippen LogP contribution is 2.50. The first-order chi connectivity index (χ1) is 12.4. The smallest absolute Gasteiger partial charge is 0.326 e. The summed E-state index contributed by atoms with van der Waals surface area (Å²) >= 11 is 0. The Labute approximate surface area is 152 Å². The molecule has 0 spiro atoms. The minimum atomic E-state index is -1.19. The molecule has 142 valence electrons. The van der Waals surface area contributed by atoms with Gasteiger partial charge in [-0.1, -0.05) is 19.8 Å². The lowest BCUT2D eigenvalue weighted by atomic mass is 9.77. The number of imide groups is 1. The van der Waals surface area contributed by atoms with E-state index in [-0.39, 0.29) is 11.8 Å². The number of imidazole rings is 1. The molecule has 2 aliphatic rings. The minimum absolute atomic E-state index is 0.233. The molecular weight excluding hydrogens is 336 g/mol. The fourth-order valence-electron chi connectivity index (χ4n) is 4.45. The summed E-state index contributed by atoms with van der Waals surface area (Å²) in [5.74, 6) is -2.39. The fourth-order valence-corrected chi connectivity index (χ4v) is 4.45. The largest absolute Gasteiger partial charge is 0.468 e. The third-order valence-electron chi connectivity index (χ3n) is 5.71. The highest BCUT2D eigenvalue weighted by molar-refractivity contribution is 6.09. The number of aryl methyl sites for hydroxylation is 1. The molecule has 8 heteroatoms. The van der Waals surface area contributed by atoms with Crippen molar-refractivity contribution in [3.63, 3.8) is 0 Å². The molecule has 1 aromatic rings. The number of fused-ring (bicyclic) bond motifs is 1. The first-order valence-corrected chi connectivity index (χ1v) is 9.10. The summed E-state index contributed by atoms with van der Waals surface area (Å²) in [5.41, 5.74) is -0.414. The number of esters is 1. The van der Waals surface area contributed by atoms with Crippen LogP contribution in [0.15, 0.2) is 12.5 Å². The standard InChI is InChI=1S/C18H26N4O4/c1-5-7-8-18(17(25)26-4)13-12(15(23)22(6-2)16(13)24)14(20-18)11-9-19-10-21(11)3/h9-10,12-14,20H,5-8H2,1-4H3/t12-,13-,14-,18-/m1/s1. The van der Waals surface area contributed by atoms with Crippen LogP contribution in [0, 0.1) is 11.8 Å². The molecule has 2 saturated heterocycles. The van der Waals surface area contributed by atoms with Crippen LogP contribution in [-0.2, 0) is 26.2 Å². The van der Waals surface area contributed by atoms with E-state index in [2.05, 4.69) is 10.3 Å². The van der Waals surface area contributed by atoms with Gasteiger partial charge in [0.15, 0.2) is 0 Å². The van der Waals surface area contributed by atoms with Crippen LogP contribution in [0.3, 0.4) is 0 Å². The van der Waals surface area contributed by atoms with Gasteiger partial charge in [0.25, 0.3) is 0 Å². The number of amides is 2. The molecule has 2 fully saturated rings. The molecule has 1 aromatic heterocycles. The van der Waals surface area contributed by atoms with Crippen LogP contribution in [0.1, 0.15) is 44.8 Å². The van der Waals surface area contributed by atoms with Gasteiger partial charge in [0.2, 0.25) is 11.8 Å². The summed E-state index contributed by atoms with van der Waals surface area (Å²) in [7, 11) is 3.16. The van der Waals surface area contributed by atoms with Gasteiger partial charge in [-0.2, -0.15) is 0 Å². The Balaban J connectivity index is 2.14. The molecule has 26 heavy (non-hydrogen) atoms. The van der Waals surface area contributed by atoms with Crippen molar-refractivity contribution in [2.75, 3.05) is 13.7 Å². The Kier molecular flexibility index (Phi) is 4.88.